The van der Waals surface area contributed by atoms with Crippen molar-refractivity contribution in [3.05, 3.63) is 116 Å². The molecule has 0 spiro atoms. The molecule has 0 atom stereocenters. The third kappa shape index (κ3) is 6.92. The number of rotatable bonds is 6. The Hall–Kier alpha value is -5.25. The number of fused-ring (bicyclic) bond motifs is 2. The average Bonchev–Trinajstić information content (AvgIpc) is 3.88. The van der Waals surface area contributed by atoms with Gasteiger partial charge in [-0.15, -0.1) is 35.1 Å². The van der Waals surface area contributed by atoms with E-state index in [2.05, 4.69) is 30.1 Å². The maximum absolute atomic E-state index is 11.9. The summed E-state index contributed by atoms with van der Waals surface area (Å²) in [6, 6.07) is 25.6. The predicted molar refractivity (Wildman–Crippen MR) is 201 cm³/mol. The highest BCUT2D eigenvalue weighted by Crippen LogP contribution is 2.37. The fourth-order valence-corrected chi connectivity index (χ4v) is 7.58. The van der Waals surface area contributed by atoms with Gasteiger partial charge in [-0.25, -0.2) is 33.8 Å². The second-order valence-electron chi connectivity index (χ2n) is 10.7. The number of imidazole rings is 2. The summed E-state index contributed by atoms with van der Waals surface area (Å²) in [4.78, 5) is 42.3. The minimum Gasteiger partial charge on any atom is -0.477 e. The van der Waals surface area contributed by atoms with Crippen LogP contribution in [0.1, 0.15) is 30.7 Å². The van der Waals surface area contributed by atoms with Crippen LogP contribution in [0, 0.1) is 13.8 Å². The molecular formula is C34H24Cl3N9O3S2. The van der Waals surface area contributed by atoms with E-state index in [-0.39, 0.29) is 17.3 Å². The summed E-state index contributed by atoms with van der Waals surface area (Å²) in [5.41, 5.74) is 12.2. The maximum Gasteiger partial charge on any atom is 0.348 e. The lowest BCUT2D eigenvalue weighted by atomic mass is 10.1. The molecule has 51 heavy (non-hydrogen) atoms. The fraction of sp³-hybridized carbons (Fsp3) is 0.0588. The Labute approximate surface area is 313 Å². The van der Waals surface area contributed by atoms with E-state index < -0.39 is 11.9 Å². The summed E-state index contributed by atoms with van der Waals surface area (Å²) in [5.74, 6) is -1.53. The van der Waals surface area contributed by atoms with Crippen LogP contribution in [-0.4, -0.2) is 56.1 Å². The first-order chi connectivity index (χ1) is 24.1. The number of aryl methyl sites for hydroxylation is 2. The second kappa shape index (κ2) is 14.5. The molecule has 8 aromatic rings. The first-order valence-electron chi connectivity index (χ1n) is 14.8. The van der Waals surface area contributed by atoms with Gasteiger partial charge in [0.1, 0.15) is 41.5 Å². The Kier molecular flexibility index (Phi) is 10.1. The first-order valence-corrected chi connectivity index (χ1v) is 17.2. The number of hydrogen-bond acceptors (Lipinski definition) is 10. The Bertz CT molecular complexity index is 2390. The molecule has 3 N–H and O–H groups in total. The third-order valence-electron chi connectivity index (χ3n) is 7.41. The largest absolute Gasteiger partial charge is 0.477 e. The van der Waals surface area contributed by atoms with Crippen LogP contribution >= 0.6 is 58.3 Å². The second-order valence-corrected chi connectivity index (χ2v) is 13.5. The lowest BCUT2D eigenvalue weighted by Gasteiger charge is -1.99. The topological polar surface area (TPSA) is 167 Å². The summed E-state index contributed by atoms with van der Waals surface area (Å²) in [5, 5.41) is 20.0. The number of carbonyl (C=O) groups is 2. The molecule has 8 rings (SSSR count). The number of amides is 1. The Balaban J connectivity index is 0.000000172. The van der Waals surface area contributed by atoms with Crippen molar-refractivity contribution in [3.63, 3.8) is 0 Å². The molecule has 256 valence electrons. The standard InChI is InChI=1S/C17H12ClN5OS.C17H11ClN4O2S.ClH/c1-9-14(23-12(20-9)8-7-11(18)22-23)17-21-13(15(25-17)16(19)24)10-5-3-2-4-6-10;1-9-14(22-12(19-9)8-7-11(18)21-22)16-20-13(15(25-16)17(23)24)10-5-3-2-4-6-10;/h2-8H,1H3,(H2,19,24);2-8H,1H3,(H,23,24);1H. The van der Waals surface area contributed by atoms with Crippen molar-refractivity contribution in [2.45, 2.75) is 13.8 Å². The molecule has 0 aliphatic carbocycles. The number of nitrogens with two attached hydrogens (primary N) is 1. The third-order valence-corrected chi connectivity index (χ3v) is 9.94. The zero-order valence-electron chi connectivity index (χ0n) is 26.5. The molecule has 0 unspecified atom stereocenters. The minimum atomic E-state index is -1.01. The fourth-order valence-electron chi connectivity index (χ4n) is 5.27. The normalized spacial score (nSPS) is 10.9. The number of carbonyl (C=O) groups excluding carboxylic acids is 1. The molecule has 12 nitrogen and oxygen atoms in total. The Morgan fingerprint density at radius 2 is 1.06 bits per heavy atom. The van der Waals surface area contributed by atoms with Gasteiger partial charge in [-0.2, -0.15) is 10.2 Å². The van der Waals surface area contributed by atoms with E-state index in [4.69, 9.17) is 28.9 Å². The van der Waals surface area contributed by atoms with Crippen LogP contribution in [0.15, 0.2) is 84.9 Å². The molecule has 0 aliphatic rings. The van der Waals surface area contributed by atoms with Gasteiger partial charge >= 0.3 is 5.97 Å². The minimum absolute atomic E-state index is 0. The SMILES string of the molecule is Cc1nc2ccc(Cl)nn2c1-c1nc(-c2ccccc2)c(C(=O)O)s1.Cc1nc2ccc(Cl)nn2c1-c1nc(-c2ccccc2)c(C(N)=O)s1.Cl. The lowest BCUT2D eigenvalue weighted by Crippen LogP contribution is -2.10. The monoisotopic (exact) mass is 775 g/mol. The molecule has 17 heteroatoms. The zero-order chi connectivity index (χ0) is 35.1. The molecule has 2 aromatic carbocycles. The Morgan fingerprint density at radius 3 is 1.47 bits per heavy atom. The zero-order valence-corrected chi connectivity index (χ0v) is 30.4. The van der Waals surface area contributed by atoms with Gasteiger partial charge in [0.2, 0.25) is 0 Å². The van der Waals surface area contributed by atoms with Crippen molar-refractivity contribution in [1.29, 1.82) is 0 Å². The van der Waals surface area contributed by atoms with Crippen molar-refractivity contribution < 1.29 is 14.7 Å². The number of hydrogen-bond donors (Lipinski definition) is 2. The molecule has 0 bridgehead atoms. The summed E-state index contributed by atoms with van der Waals surface area (Å²) >= 11 is 14.3. The number of nitrogens with zero attached hydrogens (tertiary/aromatic N) is 8. The van der Waals surface area contributed by atoms with E-state index in [9.17, 15) is 14.7 Å². The number of benzene rings is 2. The molecule has 0 fully saturated rings. The van der Waals surface area contributed by atoms with Gasteiger partial charge in [0.15, 0.2) is 11.3 Å². The molecule has 0 radical (unpaired) electrons. The van der Waals surface area contributed by atoms with Gasteiger partial charge in [-0.3, -0.25) is 4.79 Å². The maximum atomic E-state index is 11.9. The van der Waals surface area contributed by atoms with Gasteiger partial charge in [0.05, 0.1) is 22.8 Å². The highest BCUT2D eigenvalue weighted by atomic mass is 35.5. The van der Waals surface area contributed by atoms with Crippen molar-refractivity contribution >= 4 is 81.5 Å². The number of carboxylic acids is 1. The van der Waals surface area contributed by atoms with E-state index in [0.29, 0.717) is 65.0 Å². The average molecular weight is 777 g/mol. The first kappa shape index (κ1) is 35.6. The molecule has 0 saturated carbocycles. The van der Waals surface area contributed by atoms with Crippen molar-refractivity contribution in [2.75, 3.05) is 0 Å². The van der Waals surface area contributed by atoms with E-state index in [1.165, 1.54) is 11.3 Å². The smallest absolute Gasteiger partial charge is 0.348 e. The number of aromatic nitrogens is 8. The number of halogens is 3. The van der Waals surface area contributed by atoms with Crippen LogP contribution in [0.4, 0.5) is 0 Å². The lowest BCUT2D eigenvalue weighted by molar-refractivity contribution is 0.0702. The highest BCUT2D eigenvalue weighted by molar-refractivity contribution is 7.17. The van der Waals surface area contributed by atoms with Crippen molar-refractivity contribution in [2.24, 2.45) is 5.73 Å². The summed E-state index contributed by atoms with van der Waals surface area (Å²) < 4.78 is 3.23. The molecule has 0 saturated heterocycles. The summed E-state index contributed by atoms with van der Waals surface area (Å²) in [7, 11) is 0. The Morgan fingerprint density at radius 1 is 0.647 bits per heavy atom. The van der Waals surface area contributed by atoms with Crippen LogP contribution in [0.2, 0.25) is 10.3 Å². The molecule has 1 amide bonds. The summed E-state index contributed by atoms with van der Waals surface area (Å²) in [6.45, 7) is 3.70. The molecule has 6 aromatic heterocycles. The number of thiazole rings is 2. The van der Waals surface area contributed by atoms with E-state index in [1.807, 2.05) is 74.5 Å². The van der Waals surface area contributed by atoms with Gasteiger partial charge in [-0.1, -0.05) is 83.9 Å². The summed E-state index contributed by atoms with van der Waals surface area (Å²) in [6.07, 6.45) is 0. The quantitative estimate of drug-likeness (QED) is 0.169. The number of carboxylic acid groups (broad SMARTS) is 1. The highest BCUT2D eigenvalue weighted by Gasteiger charge is 2.24. The van der Waals surface area contributed by atoms with Crippen molar-refractivity contribution in [1.82, 2.24) is 39.2 Å². The van der Waals surface area contributed by atoms with Crippen LogP contribution in [0.3, 0.4) is 0 Å². The van der Waals surface area contributed by atoms with E-state index in [0.717, 1.165) is 28.2 Å². The van der Waals surface area contributed by atoms with Crippen LogP contribution in [0.5, 0.6) is 0 Å². The van der Waals surface area contributed by atoms with Crippen LogP contribution in [0.25, 0.3) is 55.2 Å². The number of aromatic carboxylic acids is 1. The van der Waals surface area contributed by atoms with Gasteiger partial charge < -0.3 is 10.8 Å². The van der Waals surface area contributed by atoms with Gasteiger partial charge in [0, 0.05) is 11.1 Å². The van der Waals surface area contributed by atoms with Gasteiger partial charge in [-0.05, 0) is 38.1 Å². The van der Waals surface area contributed by atoms with Gasteiger partial charge in [0.25, 0.3) is 5.91 Å². The molecular weight excluding hydrogens is 753 g/mol. The van der Waals surface area contributed by atoms with E-state index >= 15 is 0 Å². The van der Waals surface area contributed by atoms with E-state index in [1.54, 1.807) is 33.3 Å². The predicted octanol–water partition coefficient (Wildman–Crippen LogP) is 8.18. The molecule has 6 heterocycles. The van der Waals surface area contributed by atoms with Crippen LogP contribution < -0.4 is 5.73 Å². The van der Waals surface area contributed by atoms with Crippen molar-refractivity contribution in [3.8, 4) is 43.9 Å². The van der Waals surface area contributed by atoms with Crippen LogP contribution in [-0.2, 0) is 0 Å². The molecule has 0 aliphatic heterocycles. The number of primary amides is 1.